The van der Waals surface area contributed by atoms with E-state index < -0.39 is 5.79 Å². The number of methoxy groups -OCH3 is 1. The van der Waals surface area contributed by atoms with Crippen LogP contribution in [0.15, 0.2) is 11.6 Å². The van der Waals surface area contributed by atoms with Crippen LogP contribution in [0.2, 0.25) is 0 Å². The predicted molar refractivity (Wildman–Crippen MR) is 89.7 cm³/mol. The number of allylic oxidation sites excluding steroid dienone is 1. The molecule has 4 aliphatic rings. The van der Waals surface area contributed by atoms with Crippen LogP contribution in [0.25, 0.3) is 0 Å². The molecule has 3 heteroatoms. The van der Waals surface area contributed by atoms with Crippen LogP contribution in [0.1, 0.15) is 65.2 Å². The van der Waals surface area contributed by atoms with Crippen LogP contribution in [0, 0.1) is 28.6 Å². The third kappa shape index (κ3) is 1.99. The third-order valence-electron chi connectivity index (χ3n) is 8.44. The Kier molecular flexibility index (Phi) is 3.54. The Morgan fingerprint density at radius 3 is 2.57 bits per heavy atom. The molecule has 0 bridgehead atoms. The molecule has 0 aromatic carbocycles. The van der Waals surface area contributed by atoms with Crippen molar-refractivity contribution in [1.82, 2.24) is 0 Å². The Morgan fingerprint density at radius 1 is 1.09 bits per heavy atom. The van der Waals surface area contributed by atoms with Crippen LogP contribution in [0.5, 0.6) is 0 Å². The molecule has 6 atom stereocenters. The standard InChI is InChI=1S/C20H32O3/c1-18-9-5-4-6-13(18)12-16(23-3)17-14(18)7-10-19(2)15(17)8-11-20(19,21)22/h6,14-17,21-22H,4-5,7-12H2,1-3H3/t14-,15+,16?,17-,18+,19+/m1/s1. The summed E-state index contributed by atoms with van der Waals surface area (Å²) in [6.45, 7) is 4.59. The Hall–Kier alpha value is -0.380. The van der Waals surface area contributed by atoms with Gasteiger partial charge in [-0.2, -0.15) is 0 Å². The van der Waals surface area contributed by atoms with E-state index in [-0.39, 0.29) is 11.5 Å². The maximum absolute atomic E-state index is 10.6. The highest BCUT2D eigenvalue weighted by molar-refractivity contribution is 5.26. The van der Waals surface area contributed by atoms with Crippen molar-refractivity contribution in [1.29, 1.82) is 0 Å². The van der Waals surface area contributed by atoms with Crippen LogP contribution in [-0.2, 0) is 4.74 Å². The molecule has 3 nitrogen and oxygen atoms in total. The van der Waals surface area contributed by atoms with E-state index in [2.05, 4.69) is 19.9 Å². The number of rotatable bonds is 1. The van der Waals surface area contributed by atoms with E-state index in [1.807, 2.05) is 7.11 Å². The van der Waals surface area contributed by atoms with E-state index in [1.54, 1.807) is 5.57 Å². The van der Waals surface area contributed by atoms with Gasteiger partial charge in [-0.1, -0.05) is 25.5 Å². The molecular weight excluding hydrogens is 288 g/mol. The fraction of sp³-hybridized carbons (Fsp3) is 0.900. The van der Waals surface area contributed by atoms with Gasteiger partial charge >= 0.3 is 0 Å². The molecule has 3 fully saturated rings. The zero-order valence-corrected chi connectivity index (χ0v) is 14.8. The highest BCUT2D eigenvalue weighted by atomic mass is 16.5. The molecule has 0 radical (unpaired) electrons. The average Bonchev–Trinajstić information content (AvgIpc) is 2.76. The molecule has 0 saturated heterocycles. The maximum Gasteiger partial charge on any atom is 0.168 e. The van der Waals surface area contributed by atoms with Gasteiger partial charge in [0.1, 0.15) is 0 Å². The van der Waals surface area contributed by atoms with Gasteiger partial charge in [0.2, 0.25) is 0 Å². The van der Waals surface area contributed by atoms with E-state index in [0.717, 1.165) is 25.7 Å². The summed E-state index contributed by atoms with van der Waals surface area (Å²) in [5.41, 5.74) is 1.57. The summed E-state index contributed by atoms with van der Waals surface area (Å²) in [4.78, 5) is 0. The van der Waals surface area contributed by atoms with Crippen molar-refractivity contribution in [2.75, 3.05) is 7.11 Å². The van der Waals surface area contributed by atoms with Crippen molar-refractivity contribution in [2.45, 2.75) is 77.1 Å². The molecule has 0 aliphatic heterocycles. The third-order valence-corrected chi connectivity index (χ3v) is 8.44. The zero-order chi connectivity index (χ0) is 16.5. The molecule has 0 amide bonds. The molecule has 4 aliphatic carbocycles. The van der Waals surface area contributed by atoms with Crippen LogP contribution in [0.3, 0.4) is 0 Å². The molecule has 4 rings (SSSR count). The van der Waals surface area contributed by atoms with Crippen LogP contribution in [-0.4, -0.2) is 29.2 Å². The van der Waals surface area contributed by atoms with Crippen molar-refractivity contribution in [3.63, 3.8) is 0 Å². The first-order chi connectivity index (χ1) is 10.8. The molecule has 3 saturated carbocycles. The molecule has 23 heavy (non-hydrogen) atoms. The number of fused-ring (bicyclic) bond motifs is 5. The number of hydrogen-bond acceptors (Lipinski definition) is 3. The van der Waals surface area contributed by atoms with E-state index in [4.69, 9.17) is 4.74 Å². The summed E-state index contributed by atoms with van der Waals surface area (Å²) in [6, 6.07) is 0. The monoisotopic (exact) mass is 320 g/mol. The SMILES string of the molecule is COC1CC2=CCCC[C@]2(C)[C@@H]2CC[C@@]3(C)[C@@H](CCC3(O)O)[C@H]12. The molecule has 2 N–H and O–H groups in total. The first-order valence-corrected chi connectivity index (χ1v) is 9.50. The van der Waals surface area contributed by atoms with Crippen molar-refractivity contribution in [2.24, 2.45) is 28.6 Å². The Balaban J connectivity index is 1.75. The van der Waals surface area contributed by atoms with Gasteiger partial charge in [-0.15, -0.1) is 0 Å². The highest BCUT2D eigenvalue weighted by Crippen LogP contribution is 2.67. The molecule has 1 unspecified atom stereocenters. The van der Waals surface area contributed by atoms with Crippen molar-refractivity contribution in [3.05, 3.63) is 11.6 Å². The fourth-order valence-corrected chi connectivity index (χ4v) is 6.92. The second kappa shape index (κ2) is 5.06. The normalized spacial score (nSPS) is 51.4. The average molecular weight is 320 g/mol. The van der Waals surface area contributed by atoms with Gasteiger partial charge in [-0.25, -0.2) is 0 Å². The van der Waals surface area contributed by atoms with Gasteiger partial charge in [0.25, 0.3) is 0 Å². The van der Waals surface area contributed by atoms with Gasteiger partial charge in [0, 0.05) is 18.9 Å². The first-order valence-electron chi connectivity index (χ1n) is 9.50. The Bertz CT molecular complexity index is 525. The van der Waals surface area contributed by atoms with Gasteiger partial charge in [-0.3, -0.25) is 0 Å². The summed E-state index contributed by atoms with van der Waals surface area (Å²) in [6.07, 6.45) is 11.1. The van der Waals surface area contributed by atoms with Gasteiger partial charge in [-0.05, 0) is 68.1 Å². The van der Waals surface area contributed by atoms with E-state index >= 15 is 0 Å². The lowest BCUT2D eigenvalue weighted by Crippen LogP contribution is -2.58. The van der Waals surface area contributed by atoms with Crippen LogP contribution < -0.4 is 0 Å². The lowest BCUT2D eigenvalue weighted by atomic mass is 9.46. The maximum atomic E-state index is 10.6. The van der Waals surface area contributed by atoms with Crippen molar-refractivity contribution in [3.8, 4) is 0 Å². The minimum atomic E-state index is -1.50. The number of hydrogen-bond donors (Lipinski definition) is 2. The highest BCUT2D eigenvalue weighted by Gasteiger charge is 2.65. The van der Waals surface area contributed by atoms with Crippen LogP contribution >= 0.6 is 0 Å². The number of aliphatic hydroxyl groups is 2. The van der Waals surface area contributed by atoms with E-state index in [1.165, 1.54) is 19.3 Å². The Morgan fingerprint density at radius 2 is 1.83 bits per heavy atom. The van der Waals surface area contributed by atoms with Gasteiger partial charge < -0.3 is 14.9 Å². The van der Waals surface area contributed by atoms with Crippen molar-refractivity contribution >= 4 is 0 Å². The Labute approximate surface area is 140 Å². The molecule has 0 aromatic heterocycles. The second-order valence-electron chi connectivity index (χ2n) is 9.12. The largest absolute Gasteiger partial charge is 0.381 e. The van der Waals surface area contributed by atoms with E-state index in [0.29, 0.717) is 29.6 Å². The summed E-state index contributed by atoms with van der Waals surface area (Å²) in [7, 11) is 1.85. The fourth-order valence-electron chi connectivity index (χ4n) is 6.92. The molecule has 0 aromatic rings. The second-order valence-corrected chi connectivity index (χ2v) is 9.12. The lowest BCUT2D eigenvalue weighted by molar-refractivity contribution is -0.253. The molecule has 0 spiro atoms. The summed E-state index contributed by atoms with van der Waals surface area (Å²) < 4.78 is 5.97. The van der Waals surface area contributed by atoms with Crippen molar-refractivity contribution < 1.29 is 14.9 Å². The van der Waals surface area contributed by atoms with E-state index in [9.17, 15) is 10.2 Å². The molecule has 0 heterocycles. The minimum Gasteiger partial charge on any atom is -0.381 e. The molecule has 130 valence electrons. The van der Waals surface area contributed by atoms with Gasteiger partial charge in [0.05, 0.1) is 6.10 Å². The quantitative estimate of drug-likeness (QED) is 0.573. The number of ether oxygens (including phenoxy) is 1. The van der Waals surface area contributed by atoms with Gasteiger partial charge in [0.15, 0.2) is 5.79 Å². The predicted octanol–water partition coefficient (Wildman–Crippen LogP) is 3.65. The zero-order valence-electron chi connectivity index (χ0n) is 14.8. The summed E-state index contributed by atoms with van der Waals surface area (Å²) >= 11 is 0. The lowest BCUT2D eigenvalue weighted by Gasteiger charge is -2.60. The van der Waals surface area contributed by atoms with Crippen LogP contribution in [0.4, 0.5) is 0 Å². The first kappa shape index (κ1) is 16.1. The summed E-state index contributed by atoms with van der Waals surface area (Å²) in [5, 5.41) is 21.2. The minimum absolute atomic E-state index is 0.246. The summed E-state index contributed by atoms with van der Waals surface area (Å²) in [5.74, 6) is -0.00811. The molecular formula is C20H32O3. The topological polar surface area (TPSA) is 49.7 Å². The smallest absolute Gasteiger partial charge is 0.168 e.